The number of hydrogen-bond acceptors (Lipinski definition) is 5. The van der Waals surface area contributed by atoms with Crippen molar-refractivity contribution in [1.29, 1.82) is 0 Å². The Morgan fingerprint density at radius 3 is 2.48 bits per heavy atom. The van der Waals surface area contributed by atoms with Gasteiger partial charge in [-0.25, -0.2) is 9.78 Å². The van der Waals surface area contributed by atoms with E-state index in [-0.39, 0.29) is 11.3 Å². The minimum atomic E-state index is -1.11. The van der Waals surface area contributed by atoms with Gasteiger partial charge in [0.2, 0.25) is 0 Å². The molecule has 0 aliphatic rings. The summed E-state index contributed by atoms with van der Waals surface area (Å²) in [5, 5.41) is 12.6. The Bertz CT molecular complexity index is 1140. The number of pyridine rings is 1. The normalized spacial score (nSPS) is 10.7. The van der Waals surface area contributed by atoms with Gasteiger partial charge in [-0.1, -0.05) is 24.3 Å². The van der Waals surface area contributed by atoms with E-state index in [9.17, 15) is 14.7 Å². The molecule has 4 rings (SSSR count). The molecule has 1 amide bonds. The minimum absolute atomic E-state index is 0.0243. The van der Waals surface area contributed by atoms with Gasteiger partial charge in [0.1, 0.15) is 10.7 Å². The quantitative estimate of drug-likeness (QED) is 0.554. The fourth-order valence-corrected chi connectivity index (χ4v) is 3.68. The van der Waals surface area contributed by atoms with Crippen LogP contribution in [0.3, 0.4) is 0 Å². The molecule has 0 aliphatic heterocycles. The summed E-state index contributed by atoms with van der Waals surface area (Å²) in [6, 6.07) is 17.3. The number of nitrogens with zero attached hydrogens (tertiary/aromatic N) is 2. The molecule has 2 heterocycles. The number of carbonyl (C=O) groups excluding carboxylic acids is 1. The van der Waals surface area contributed by atoms with E-state index in [1.54, 1.807) is 36.5 Å². The second kappa shape index (κ2) is 6.97. The smallest absolute Gasteiger partial charge is 0.337 e. The summed E-state index contributed by atoms with van der Waals surface area (Å²) in [4.78, 5) is 33.1. The third-order valence-corrected chi connectivity index (χ3v) is 5.00. The average Bonchev–Trinajstić information content (AvgIpc) is 3.12. The number of thiazole rings is 1. The largest absolute Gasteiger partial charge is 0.478 e. The average molecular weight is 375 g/mol. The van der Waals surface area contributed by atoms with E-state index < -0.39 is 11.9 Å². The SMILES string of the molecule is O=C(O)c1ccccc1NC(=O)c1cccnc1-c1nc2ccccc2s1. The zero-order valence-corrected chi connectivity index (χ0v) is 14.7. The number of hydrogen-bond donors (Lipinski definition) is 2. The van der Waals surface area contributed by atoms with Gasteiger partial charge in [0, 0.05) is 6.20 Å². The molecule has 132 valence electrons. The van der Waals surface area contributed by atoms with Crippen molar-refractivity contribution in [3.63, 3.8) is 0 Å². The summed E-state index contributed by atoms with van der Waals surface area (Å²) in [5.41, 5.74) is 1.89. The molecule has 0 bridgehead atoms. The molecule has 0 atom stereocenters. The number of carboxylic acids is 1. The van der Waals surface area contributed by atoms with Crippen LogP contribution >= 0.6 is 11.3 Å². The Labute approximate surface area is 158 Å². The van der Waals surface area contributed by atoms with E-state index in [1.807, 2.05) is 24.3 Å². The molecule has 2 N–H and O–H groups in total. The fraction of sp³-hybridized carbons (Fsp3) is 0. The third-order valence-electron chi connectivity index (χ3n) is 3.95. The Balaban J connectivity index is 1.73. The van der Waals surface area contributed by atoms with Crippen LogP contribution in [0.2, 0.25) is 0 Å². The molecule has 0 spiro atoms. The molecule has 2 aromatic heterocycles. The van der Waals surface area contributed by atoms with Gasteiger partial charge in [0.05, 0.1) is 27.0 Å². The van der Waals surface area contributed by atoms with Gasteiger partial charge in [-0.3, -0.25) is 9.78 Å². The van der Waals surface area contributed by atoms with Crippen LogP contribution in [0.5, 0.6) is 0 Å². The maximum Gasteiger partial charge on any atom is 0.337 e. The molecule has 0 fully saturated rings. The molecular formula is C20H13N3O3S. The Kier molecular flexibility index (Phi) is 4.35. The van der Waals surface area contributed by atoms with E-state index in [1.165, 1.54) is 17.4 Å². The van der Waals surface area contributed by atoms with Crippen LogP contribution in [-0.2, 0) is 0 Å². The van der Waals surface area contributed by atoms with E-state index in [4.69, 9.17) is 0 Å². The van der Waals surface area contributed by atoms with E-state index >= 15 is 0 Å². The van der Waals surface area contributed by atoms with Gasteiger partial charge in [0.15, 0.2) is 0 Å². The maximum absolute atomic E-state index is 12.8. The number of benzene rings is 2. The summed E-state index contributed by atoms with van der Waals surface area (Å²) < 4.78 is 1.00. The van der Waals surface area contributed by atoms with Gasteiger partial charge in [-0.15, -0.1) is 11.3 Å². The predicted octanol–water partition coefficient (Wildman–Crippen LogP) is 4.31. The van der Waals surface area contributed by atoms with Gasteiger partial charge in [-0.05, 0) is 36.4 Å². The fourth-order valence-electron chi connectivity index (χ4n) is 2.70. The lowest BCUT2D eigenvalue weighted by Crippen LogP contribution is -2.16. The predicted molar refractivity (Wildman–Crippen MR) is 104 cm³/mol. The minimum Gasteiger partial charge on any atom is -0.478 e. The van der Waals surface area contributed by atoms with Crippen LogP contribution in [0.25, 0.3) is 20.9 Å². The van der Waals surface area contributed by atoms with Crippen LogP contribution in [0.15, 0.2) is 66.9 Å². The summed E-state index contributed by atoms with van der Waals surface area (Å²) >= 11 is 1.45. The molecular weight excluding hydrogens is 362 g/mol. The number of para-hydroxylation sites is 2. The Morgan fingerprint density at radius 1 is 0.926 bits per heavy atom. The van der Waals surface area contributed by atoms with E-state index in [0.29, 0.717) is 16.3 Å². The molecule has 27 heavy (non-hydrogen) atoms. The van der Waals surface area contributed by atoms with Gasteiger partial charge < -0.3 is 10.4 Å². The Morgan fingerprint density at radius 2 is 1.67 bits per heavy atom. The van der Waals surface area contributed by atoms with Crippen molar-refractivity contribution in [3.05, 3.63) is 78.0 Å². The molecule has 4 aromatic rings. The van der Waals surface area contributed by atoms with Crippen molar-refractivity contribution < 1.29 is 14.7 Å². The van der Waals surface area contributed by atoms with Crippen LogP contribution < -0.4 is 5.32 Å². The number of aromatic nitrogens is 2. The van der Waals surface area contributed by atoms with E-state index in [2.05, 4.69) is 15.3 Å². The number of nitrogens with one attached hydrogen (secondary N) is 1. The molecule has 7 heteroatoms. The second-order valence-corrected chi connectivity index (χ2v) is 6.72. The van der Waals surface area contributed by atoms with Crippen molar-refractivity contribution in [3.8, 4) is 10.7 Å². The number of carbonyl (C=O) groups is 2. The lowest BCUT2D eigenvalue weighted by molar-refractivity contribution is 0.0698. The molecule has 0 saturated heterocycles. The van der Waals surface area contributed by atoms with Crippen LogP contribution in [-0.4, -0.2) is 27.0 Å². The number of fused-ring (bicyclic) bond motifs is 1. The van der Waals surface area contributed by atoms with E-state index in [0.717, 1.165) is 10.2 Å². The first-order chi connectivity index (χ1) is 13.1. The highest BCUT2D eigenvalue weighted by Crippen LogP contribution is 2.31. The molecule has 2 aromatic carbocycles. The highest BCUT2D eigenvalue weighted by atomic mass is 32.1. The number of anilines is 1. The molecule has 0 unspecified atom stereocenters. The highest BCUT2D eigenvalue weighted by Gasteiger charge is 2.19. The number of aromatic carboxylic acids is 1. The topological polar surface area (TPSA) is 92.2 Å². The monoisotopic (exact) mass is 375 g/mol. The molecule has 6 nitrogen and oxygen atoms in total. The molecule has 0 saturated carbocycles. The molecule has 0 aliphatic carbocycles. The van der Waals surface area contributed by atoms with Gasteiger partial charge in [0.25, 0.3) is 5.91 Å². The van der Waals surface area contributed by atoms with Crippen molar-refractivity contribution in [2.75, 3.05) is 5.32 Å². The summed E-state index contributed by atoms with van der Waals surface area (Å²) in [6.45, 7) is 0. The van der Waals surface area contributed by atoms with Crippen LogP contribution in [0.4, 0.5) is 5.69 Å². The van der Waals surface area contributed by atoms with Crippen LogP contribution in [0.1, 0.15) is 20.7 Å². The second-order valence-electron chi connectivity index (χ2n) is 5.69. The summed E-state index contributed by atoms with van der Waals surface area (Å²) in [6.07, 6.45) is 1.60. The Hall–Kier alpha value is -3.58. The zero-order chi connectivity index (χ0) is 18.8. The molecule has 0 radical (unpaired) electrons. The number of rotatable bonds is 4. The first-order valence-electron chi connectivity index (χ1n) is 8.08. The maximum atomic E-state index is 12.8. The lowest BCUT2D eigenvalue weighted by atomic mass is 10.1. The van der Waals surface area contributed by atoms with Crippen molar-refractivity contribution in [1.82, 2.24) is 9.97 Å². The highest BCUT2D eigenvalue weighted by molar-refractivity contribution is 7.21. The van der Waals surface area contributed by atoms with Crippen molar-refractivity contribution in [2.45, 2.75) is 0 Å². The standard InChI is InChI=1S/C20H13N3O3S/c24-18(22-14-8-2-1-6-12(14)20(25)26)13-7-5-11-21-17(13)19-23-15-9-3-4-10-16(15)27-19/h1-11H,(H,22,24)(H,25,26). The first-order valence-corrected chi connectivity index (χ1v) is 8.90. The zero-order valence-electron chi connectivity index (χ0n) is 13.9. The summed E-state index contributed by atoms with van der Waals surface area (Å²) in [7, 11) is 0. The van der Waals surface area contributed by atoms with Gasteiger partial charge >= 0.3 is 5.97 Å². The van der Waals surface area contributed by atoms with Gasteiger partial charge in [-0.2, -0.15) is 0 Å². The van der Waals surface area contributed by atoms with Crippen LogP contribution in [0, 0.1) is 0 Å². The van der Waals surface area contributed by atoms with Crippen molar-refractivity contribution >= 4 is 39.1 Å². The number of amides is 1. The lowest BCUT2D eigenvalue weighted by Gasteiger charge is -2.10. The summed E-state index contributed by atoms with van der Waals surface area (Å²) in [5.74, 6) is -1.55. The third kappa shape index (κ3) is 3.28. The first kappa shape index (κ1) is 16.9. The van der Waals surface area contributed by atoms with Crippen molar-refractivity contribution in [2.24, 2.45) is 0 Å². The number of carboxylic acid groups (broad SMARTS) is 1.